The molecule has 4 heteroatoms. The molecule has 4 nitrogen and oxygen atoms in total. The Balaban J connectivity index is 1.99. The second-order valence-electron chi connectivity index (χ2n) is 9.31. The number of hydrogen-bond acceptors (Lipinski definition) is 3. The summed E-state index contributed by atoms with van der Waals surface area (Å²) in [5.41, 5.74) is 9.75. The lowest BCUT2D eigenvalue weighted by atomic mass is 9.91. The van der Waals surface area contributed by atoms with E-state index < -0.39 is 0 Å². The van der Waals surface area contributed by atoms with E-state index in [1.807, 2.05) is 12.3 Å². The molecule has 0 amide bonds. The number of benzene rings is 2. The molecule has 3 aromatic heterocycles. The summed E-state index contributed by atoms with van der Waals surface area (Å²) in [6.07, 6.45) is 1.93. The Morgan fingerprint density at radius 2 is 1.53 bits per heavy atom. The standard InChI is InChI=1S/C26H26N4/c1-15-11-16(2)23(17(3)12-15)25-29-20-13-22(26(4,5)6)27-14-18(20)24-28-19-9-7-8-10-21(19)30(24)25/h7-14H,1-6H3. The van der Waals surface area contributed by atoms with E-state index in [0.29, 0.717) is 0 Å². The van der Waals surface area contributed by atoms with Gasteiger partial charge >= 0.3 is 0 Å². The number of fused-ring (bicyclic) bond motifs is 5. The summed E-state index contributed by atoms with van der Waals surface area (Å²) < 4.78 is 2.20. The first-order valence-corrected chi connectivity index (χ1v) is 10.4. The molecule has 0 radical (unpaired) electrons. The average Bonchev–Trinajstić information content (AvgIpc) is 3.06. The molecule has 0 N–H and O–H groups in total. The molecule has 0 fully saturated rings. The van der Waals surface area contributed by atoms with Crippen molar-refractivity contribution < 1.29 is 0 Å². The van der Waals surface area contributed by atoms with Gasteiger partial charge in [0.1, 0.15) is 5.82 Å². The third kappa shape index (κ3) is 2.78. The SMILES string of the molecule is Cc1cc(C)c(-c2nc3cc(C(C)(C)C)ncc3c3nc4ccccc4n23)c(C)c1. The molecule has 0 aliphatic rings. The molecule has 0 aliphatic heterocycles. The van der Waals surface area contributed by atoms with Crippen LogP contribution in [0.3, 0.4) is 0 Å². The van der Waals surface area contributed by atoms with Crippen LogP contribution in [0.2, 0.25) is 0 Å². The third-order valence-corrected chi connectivity index (χ3v) is 5.79. The molecule has 0 saturated heterocycles. The predicted octanol–water partition coefficient (Wildman–Crippen LogP) is 6.32. The van der Waals surface area contributed by atoms with Crippen LogP contribution in [0.25, 0.3) is 39.0 Å². The van der Waals surface area contributed by atoms with Crippen molar-refractivity contribution in [2.24, 2.45) is 0 Å². The fraction of sp³-hybridized carbons (Fsp3) is 0.269. The van der Waals surface area contributed by atoms with Crippen LogP contribution in [-0.4, -0.2) is 19.4 Å². The van der Waals surface area contributed by atoms with Gasteiger partial charge in [0.15, 0.2) is 5.65 Å². The van der Waals surface area contributed by atoms with Gasteiger partial charge < -0.3 is 0 Å². The van der Waals surface area contributed by atoms with E-state index in [0.717, 1.165) is 39.1 Å². The zero-order chi connectivity index (χ0) is 21.2. The first-order valence-electron chi connectivity index (χ1n) is 10.4. The molecule has 0 bridgehead atoms. The number of nitrogens with zero attached hydrogens (tertiary/aromatic N) is 4. The summed E-state index contributed by atoms with van der Waals surface area (Å²) in [5, 5.41) is 0.977. The van der Waals surface area contributed by atoms with Crippen LogP contribution in [0.4, 0.5) is 0 Å². The number of para-hydroxylation sites is 2. The number of aryl methyl sites for hydroxylation is 3. The molecule has 5 aromatic rings. The van der Waals surface area contributed by atoms with Crippen molar-refractivity contribution in [3.8, 4) is 11.4 Å². The van der Waals surface area contributed by atoms with E-state index in [4.69, 9.17) is 15.0 Å². The van der Waals surface area contributed by atoms with Gasteiger partial charge in [-0.2, -0.15) is 0 Å². The average molecular weight is 395 g/mol. The van der Waals surface area contributed by atoms with Crippen LogP contribution in [0.1, 0.15) is 43.2 Å². The Morgan fingerprint density at radius 1 is 0.833 bits per heavy atom. The zero-order valence-electron chi connectivity index (χ0n) is 18.4. The minimum Gasteiger partial charge on any atom is -0.276 e. The van der Waals surface area contributed by atoms with Gasteiger partial charge in [-0.25, -0.2) is 9.97 Å². The van der Waals surface area contributed by atoms with Gasteiger partial charge in [-0.3, -0.25) is 9.38 Å². The van der Waals surface area contributed by atoms with Crippen LogP contribution in [-0.2, 0) is 5.41 Å². The Hall–Kier alpha value is -3.27. The van der Waals surface area contributed by atoms with Crippen molar-refractivity contribution in [1.82, 2.24) is 19.4 Å². The van der Waals surface area contributed by atoms with E-state index in [1.54, 1.807) is 0 Å². The number of aromatic nitrogens is 4. The van der Waals surface area contributed by atoms with Gasteiger partial charge in [0.25, 0.3) is 0 Å². The topological polar surface area (TPSA) is 43.1 Å². The van der Waals surface area contributed by atoms with E-state index in [-0.39, 0.29) is 5.41 Å². The molecule has 150 valence electrons. The van der Waals surface area contributed by atoms with Gasteiger partial charge in [0, 0.05) is 22.9 Å². The fourth-order valence-electron chi connectivity index (χ4n) is 4.41. The lowest BCUT2D eigenvalue weighted by Gasteiger charge is -2.19. The molecular weight excluding hydrogens is 368 g/mol. The van der Waals surface area contributed by atoms with Gasteiger partial charge in [0.05, 0.1) is 21.9 Å². The maximum absolute atomic E-state index is 5.20. The van der Waals surface area contributed by atoms with E-state index >= 15 is 0 Å². The molecule has 30 heavy (non-hydrogen) atoms. The van der Waals surface area contributed by atoms with E-state index in [1.165, 1.54) is 22.3 Å². The summed E-state index contributed by atoms with van der Waals surface area (Å²) in [6, 6.07) is 14.8. The first-order chi connectivity index (χ1) is 14.2. The monoisotopic (exact) mass is 394 g/mol. The normalized spacial score (nSPS) is 12.3. The first kappa shape index (κ1) is 18.7. The van der Waals surface area contributed by atoms with Crippen LogP contribution in [0, 0.1) is 20.8 Å². The molecule has 2 aromatic carbocycles. The highest BCUT2D eigenvalue weighted by molar-refractivity contribution is 5.98. The summed E-state index contributed by atoms with van der Waals surface area (Å²) >= 11 is 0. The van der Waals surface area contributed by atoms with Crippen molar-refractivity contribution in [2.75, 3.05) is 0 Å². The Bertz CT molecular complexity index is 1430. The van der Waals surface area contributed by atoms with E-state index in [2.05, 4.69) is 82.3 Å². The number of pyridine rings is 1. The smallest absolute Gasteiger partial charge is 0.150 e. The summed E-state index contributed by atoms with van der Waals surface area (Å²) in [7, 11) is 0. The second-order valence-corrected chi connectivity index (χ2v) is 9.31. The maximum Gasteiger partial charge on any atom is 0.150 e. The molecule has 0 spiro atoms. The van der Waals surface area contributed by atoms with Crippen LogP contribution < -0.4 is 0 Å². The summed E-state index contributed by atoms with van der Waals surface area (Å²) in [4.78, 5) is 14.9. The largest absolute Gasteiger partial charge is 0.276 e. The van der Waals surface area contributed by atoms with Crippen molar-refractivity contribution >= 4 is 27.6 Å². The van der Waals surface area contributed by atoms with Gasteiger partial charge in [-0.05, 0) is 50.1 Å². The van der Waals surface area contributed by atoms with Crippen LogP contribution in [0.15, 0.2) is 48.7 Å². The number of hydrogen-bond donors (Lipinski definition) is 0. The van der Waals surface area contributed by atoms with Crippen molar-refractivity contribution in [2.45, 2.75) is 47.0 Å². The molecule has 5 rings (SSSR count). The minimum absolute atomic E-state index is 0.0437. The molecule has 0 saturated carbocycles. The van der Waals surface area contributed by atoms with Gasteiger partial charge in [-0.1, -0.05) is 50.6 Å². The quantitative estimate of drug-likeness (QED) is 0.334. The van der Waals surface area contributed by atoms with Crippen molar-refractivity contribution in [3.05, 3.63) is 71.0 Å². The van der Waals surface area contributed by atoms with Crippen LogP contribution in [0.5, 0.6) is 0 Å². The van der Waals surface area contributed by atoms with Gasteiger partial charge in [0.2, 0.25) is 0 Å². The summed E-state index contributed by atoms with van der Waals surface area (Å²) in [5.74, 6) is 0.937. The molecule has 3 heterocycles. The fourth-order valence-corrected chi connectivity index (χ4v) is 4.41. The minimum atomic E-state index is -0.0437. The Labute approximate surface area is 176 Å². The highest BCUT2D eigenvalue weighted by atomic mass is 15.1. The lowest BCUT2D eigenvalue weighted by molar-refractivity contribution is 0.570. The lowest BCUT2D eigenvalue weighted by Crippen LogP contribution is -2.13. The van der Waals surface area contributed by atoms with Gasteiger partial charge in [-0.15, -0.1) is 0 Å². The molecule has 0 unspecified atom stereocenters. The third-order valence-electron chi connectivity index (χ3n) is 5.79. The summed E-state index contributed by atoms with van der Waals surface area (Å²) in [6.45, 7) is 13.0. The maximum atomic E-state index is 5.20. The Morgan fingerprint density at radius 3 is 2.23 bits per heavy atom. The molecule has 0 atom stereocenters. The highest BCUT2D eigenvalue weighted by Gasteiger charge is 2.21. The molecular formula is C26H26N4. The molecule has 0 aliphatic carbocycles. The Kier molecular flexibility index (Phi) is 3.97. The van der Waals surface area contributed by atoms with Crippen LogP contribution >= 0.6 is 0 Å². The van der Waals surface area contributed by atoms with Crippen molar-refractivity contribution in [3.63, 3.8) is 0 Å². The second kappa shape index (κ2) is 6.36. The zero-order valence-corrected chi connectivity index (χ0v) is 18.4. The number of rotatable bonds is 1. The number of imidazole rings is 1. The van der Waals surface area contributed by atoms with Crippen molar-refractivity contribution in [1.29, 1.82) is 0 Å². The predicted molar refractivity (Wildman–Crippen MR) is 124 cm³/mol. The highest BCUT2D eigenvalue weighted by Crippen LogP contribution is 2.34. The van der Waals surface area contributed by atoms with E-state index in [9.17, 15) is 0 Å².